The predicted molar refractivity (Wildman–Crippen MR) is 133 cm³/mol. The Labute approximate surface area is 205 Å². The maximum absolute atomic E-state index is 13.6. The van der Waals surface area contributed by atoms with Crippen molar-refractivity contribution in [1.29, 1.82) is 0 Å². The topological polar surface area (TPSA) is 59.0 Å². The number of carbonyl (C=O) groups excluding carboxylic acids is 2. The van der Waals surface area contributed by atoms with Crippen LogP contribution >= 0.6 is 15.9 Å². The summed E-state index contributed by atoms with van der Waals surface area (Å²) in [7, 11) is 0. The monoisotopic (exact) mass is 512 g/mol. The molecule has 1 fully saturated rings. The zero-order valence-electron chi connectivity index (χ0n) is 18.2. The number of hydrogen-bond acceptors (Lipinski definition) is 4. The summed E-state index contributed by atoms with van der Waals surface area (Å²) in [5.41, 5.74) is 5.25. The van der Waals surface area contributed by atoms with E-state index in [1.165, 1.54) is 6.21 Å². The van der Waals surface area contributed by atoms with Crippen molar-refractivity contribution < 1.29 is 14.3 Å². The summed E-state index contributed by atoms with van der Waals surface area (Å²) >= 11 is 3.46. The molecule has 2 amide bonds. The van der Waals surface area contributed by atoms with Gasteiger partial charge in [-0.1, -0.05) is 77.1 Å². The van der Waals surface area contributed by atoms with Crippen molar-refractivity contribution in [2.45, 2.75) is 11.8 Å². The molecule has 3 aromatic carbocycles. The normalized spacial score (nSPS) is 24.2. The van der Waals surface area contributed by atoms with Crippen LogP contribution in [-0.4, -0.2) is 29.6 Å². The highest BCUT2D eigenvalue weighted by Crippen LogP contribution is 2.60. The number of halogens is 1. The van der Waals surface area contributed by atoms with Gasteiger partial charge in [0.2, 0.25) is 0 Å². The Morgan fingerprint density at radius 2 is 1.41 bits per heavy atom. The Kier molecular flexibility index (Phi) is 4.99. The third kappa shape index (κ3) is 3.02. The number of benzene rings is 3. The molecule has 4 aliphatic rings. The molecule has 1 saturated heterocycles. The van der Waals surface area contributed by atoms with E-state index in [9.17, 15) is 9.59 Å². The molecule has 0 N–H and O–H groups in total. The van der Waals surface area contributed by atoms with Crippen molar-refractivity contribution in [1.82, 2.24) is 5.01 Å². The van der Waals surface area contributed by atoms with Crippen LogP contribution in [0.4, 0.5) is 0 Å². The van der Waals surface area contributed by atoms with Crippen molar-refractivity contribution in [3.63, 3.8) is 0 Å². The van der Waals surface area contributed by atoms with Gasteiger partial charge in [0.1, 0.15) is 12.4 Å². The van der Waals surface area contributed by atoms with Crippen LogP contribution < -0.4 is 4.74 Å². The minimum Gasteiger partial charge on any atom is -0.489 e. The molecule has 3 aromatic rings. The van der Waals surface area contributed by atoms with E-state index in [2.05, 4.69) is 51.9 Å². The lowest BCUT2D eigenvalue weighted by molar-refractivity contribution is -0.139. The molecule has 2 atom stereocenters. The number of nitrogens with zero attached hydrogens (tertiary/aromatic N) is 2. The Hall–Kier alpha value is -3.51. The van der Waals surface area contributed by atoms with Crippen molar-refractivity contribution >= 4 is 34.0 Å². The van der Waals surface area contributed by atoms with Gasteiger partial charge >= 0.3 is 0 Å². The van der Waals surface area contributed by atoms with Gasteiger partial charge in [0.25, 0.3) is 11.8 Å². The van der Waals surface area contributed by atoms with E-state index in [4.69, 9.17) is 4.74 Å². The number of hydrogen-bond donors (Lipinski definition) is 0. The third-order valence-corrected chi connectivity index (χ3v) is 7.56. The number of rotatable bonds is 5. The minimum atomic E-state index is -0.446. The van der Waals surface area contributed by atoms with Crippen LogP contribution in [0.5, 0.6) is 5.75 Å². The fraction of sp³-hybridized carbons (Fsp3) is 0.179. The smallest absolute Gasteiger partial charge is 0.254 e. The summed E-state index contributed by atoms with van der Waals surface area (Å²) in [5.74, 6) is -1.06. The van der Waals surface area contributed by atoms with Crippen LogP contribution in [0.3, 0.4) is 0 Å². The predicted octanol–water partition coefficient (Wildman–Crippen LogP) is 5.24. The van der Waals surface area contributed by atoms with Gasteiger partial charge < -0.3 is 4.74 Å². The largest absolute Gasteiger partial charge is 0.489 e. The first-order valence-electron chi connectivity index (χ1n) is 11.2. The van der Waals surface area contributed by atoms with Crippen molar-refractivity contribution in [2.75, 3.05) is 6.61 Å². The molecule has 2 bridgehead atoms. The standard InChI is InChI=1S/C28H21BrN2O3/c1-2-13-34-22-12-11-17(29)14-16(22)15-30-31-27(32)25-23-18-7-3-4-8-19(18)24(26(25)28(31)33)21-10-6-5-9-20(21)23/h2-12,14-15,23-26H,1,13H2/b30-15-/t23?,24?,25-,26+. The SMILES string of the molecule is C=CCOc1ccc(Br)cc1/C=N\N1C(=O)[C@@H]2C3c4ccccc4C(c4ccccc43)[C@@H]2C1=O. The maximum Gasteiger partial charge on any atom is 0.254 e. The Balaban J connectivity index is 1.40. The molecular formula is C28H21BrN2O3. The van der Waals surface area contributed by atoms with Crippen LogP contribution in [-0.2, 0) is 9.59 Å². The molecule has 1 aliphatic heterocycles. The van der Waals surface area contributed by atoms with E-state index in [0.717, 1.165) is 31.7 Å². The zero-order chi connectivity index (χ0) is 23.4. The first-order valence-corrected chi connectivity index (χ1v) is 12.0. The van der Waals surface area contributed by atoms with Crippen LogP contribution in [0.25, 0.3) is 0 Å². The maximum atomic E-state index is 13.6. The number of amides is 2. The highest BCUT2D eigenvalue weighted by Gasteiger charge is 2.61. The third-order valence-electron chi connectivity index (χ3n) is 7.07. The molecule has 0 unspecified atom stereocenters. The minimum absolute atomic E-state index is 0.142. The van der Waals surface area contributed by atoms with Gasteiger partial charge in [0.15, 0.2) is 0 Å². The lowest BCUT2D eigenvalue weighted by atomic mass is 9.55. The number of ether oxygens (including phenoxy) is 1. The van der Waals surface area contributed by atoms with E-state index in [0.29, 0.717) is 17.9 Å². The Morgan fingerprint density at radius 1 is 0.882 bits per heavy atom. The van der Waals surface area contributed by atoms with Crippen LogP contribution in [0, 0.1) is 11.8 Å². The molecule has 0 saturated carbocycles. The lowest BCUT2D eigenvalue weighted by Crippen LogP contribution is -2.41. The molecular weight excluding hydrogens is 492 g/mol. The van der Waals surface area contributed by atoms with Gasteiger partial charge in [-0.3, -0.25) is 9.59 Å². The second-order valence-electron chi connectivity index (χ2n) is 8.78. The first-order chi connectivity index (χ1) is 16.6. The molecule has 168 valence electrons. The average Bonchev–Trinajstić information content (AvgIpc) is 3.12. The second kappa shape index (κ2) is 8.06. The molecule has 3 aliphatic carbocycles. The number of imide groups is 1. The summed E-state index contributed by atoms with van der Waals surface area (Å²) < 4.78 is 6.56. The highest BCUT2D eigenvalue weighted by molar-refractivity contribution is 9.10. The molecule has 7 rings (SSSR count). The summed E-state index contributed by atoms with van der Waals surface area (Å²) in [5, 5.41) is 5.47. The van der Waals surface area contributed by atoms with Crippen LogP contribution in [0.1, 0.15) is 39.7 Å². The van der Waals surface area contributed by atoms with Gasteiger partial charge in [0.05, 0.1) is 18.1 Å². The molecule has 5 nitrogen and oxygen atoms in total. The van der Waals surface area contributed by atoms with E-state index < -0.39 is 11.8 Å². The molecule has 1 heterocycles. The molecule has 0 radical (unpaired) electrons. The van der Waals surface area contributed by atoms with Gasteiger partial charge in [-0.05, 0) is 40.5 Å². The molecule has 6 heteroatoms. The number of hydrazone groups is 1. The fourth-order valence-corrected chi connectivity index (χ4v) is 6.17. The van der Waals surface area contributed by atoms with Gasteiger partial charge in [-0.15, -0.1) is 0 Å². The Bertz CT molecular complexity index is 1270. The van der Waals surface area contributed by atoms with E-state index in [-0.39, 0.29) is 23.7 Å². The molecule has 0 aromatic heterocycles. The van der Waals surface area contributed by atoms with Gasteiger partial charge in [-0.2, -0.15) is 10.1 Å². The highest BCUT2D eigenvalue weighted by atomic mass is 79.9. The molecule has 34 heavy (non-hydrogen) atoms. The van der Waals surface area contributed by atoms with Crippen molar-refractivity contribution in [3.05, 3.63) is 112 Å². The Morgan fingerprint density at radius 3 is 1.91 bits per heavy atom. The summed E-state index contributed by atoms with van der Waals surface area (Å²) in [4.78, 5) is 27.3. The number of carbonyl (C=O) groups is 2. The van der Waals surface area contributed by atoms with Crippen LogP contribution in [0.15, 0.2) is 89.0 Å². The zero-order valence-corrected chi connectivity index (χ0v) is 19.8. The van der Waals surface area contributed by atoms with E-state index in [1.807, 2.05) is 42.5 Å². The lowest BCUT2D eigenvalue weighted by Gasteiger charge is -2.45. The quantitative estimate of drug-likeness (QED) is 0.267. The van der Waals surface area contributed by atoms with Crippen LogP contribution in [0.2, 0.25) is 0 Å². The summed E-state index contributed by atoms with van der Waals surface area (Å²) in [6.45, 7) is 4.02. The van der Waals surface area contributed by atoms with Gasteiger partial charge in [0, 0.05) is 21.9 Å². The summed E-state index contributed by atoms with van der Waals surface area (Å²) in [6.07, 6.45) is 3.19. The average molecular weight is 513 g/mol. The fourth-order valence-electron chi connectivity index (χ4n) is 5.80. The van der Waals surface area contributed by atoms with E-state index >= 15 is 0 Å². The van der Waals surface area contributed by atoms with Gasteiger partial charge in [-0.25, -0.2) is 0 Å². The molecule has 0 spiro atoms. The summed E-state index contributed by atoms with van der Waals surface area (Å²) in [6, 6.07) is 21.9. The van der Waals surface area contributed by atoms with E-state index in [1.54, 1.807) is 6.08 Å². The van der Waals surface area contributed by atoms with Crippen molar-refractivity contribution in [2.24, 2.45) is 16.9 Å². The van der Waals surface area contributed by atoms with Crippen molar-refractivity contribution in [3.8, 4) is 5.75 Å². The second-order valence-corrected chi connectivity index (χ2v) is 9.70. The first kappa shape index (κ1) is 21.1.